The van der Waals surface area contributed by atoms with Crippen LogP contribution in [0.15, 0.2) is 17.0 Å². The van der Waals surface area contributed by atoms with E-state index in [1.165, 1.54) is 13.2 Å². The highest BCUT2D eigenvalue weighted by atomic mass is 35.5. The highest BCUT2D eigenvalue weighted by Gasteiger charge is 2.25. The Labute approximate surface area is 127 Å². The van der Waals surface area contributed by atoms with Crippen LogP contribution in [0.1, 0.15) is 16.8 Å². The molecule has 3 N–H and O–H groups in total. The van der Waals surface area contributed by atoms with Gasteiger partial charge in [-0.3, -0.25) is 4.79 Å². The highest BCUT2D eigenvalue weighted by Crippen LogP contribution is 2.31. The van der Waals surface area contributed by atoms with Crippen molar-refractivity contribution in [2.24, 2.45) is 5.14 Å². The van der Waals surface area contributed by atoms with Crippen LogP contribution >= 0.6 is 11.6 Å². The number of amides is 1. The third kappa shape index (κ3) is 3.65. The van der Waals surface area contributed by atoms with Crippen LogP contribution < -0.4 is 15.2 Å². The van der Waals surface area contributed by atoms with Crippen molar-refractivity contribution < 1.29 is 22.7 Å². The molecule has 0 saturated carbocycles. The number of sulfonamides is 1. The Morgan fingerprint density at radius 2 is 2.24 bits per heavy atom. The van der Waals surface area contributed by atoms with Crippen molar-refractivity contribution in [1.29, 1.82) is 0 Å². The number of benzene rings is 1. The minimum Gasteiger partial charge on any atom is -0.494 e. The predicted molar refractivity (Wildman–Crippen MR) is 76.1 cm³/mol. The lowest BCUT2D eigenvalue weighted by atomic mass is 10.1. The van der Waals surface area contributed by atoms with Crippen molar-refractivity contribution in [1.82, 2.24) is 5.32 Å². The van der Waals surface area contributed by atoms with Gasteiger partial charge >= 0.3 is 0 Å². The summed E-state index contributed by atoms with van der Waals surface area (Å²) in [5, 5.41) is 7.93. The lowest BCUT2D eigenvalue weighted by molar-refractivity contribution is 0.0926. The molecular weight excluding hydrogens is 320 g/mol. The molecule has 2 rings (SSSR count). The lowest BCUT2D eigenvalue weighted by Gasteiger charge is -2.15. The number of nitrogens with two attached hydrogens (primary N) is 1. The van der Waals surface area contributed by atoms with Crippen molar-refractivity contribution in [3.8, 4) is 5.75 Å². The highest BCUT2D eigenvalue weighted by molar-refractivity contribution is 7.89. The summed E-state index contributed by atoms with van der Waals surface area (Å²) in [6.07, 6.45) is 0.691. The van der Waals surface area contributed by atoms with Crippen LogP contribution in [0.25, 0.3) is 0 Å². The monoisotopic (exact) mass is 334 g/mol. The molecule has 1 aliphatic rings. The molecule has 0 aliphatic carbocycles. The van der Waals surface area contributed by atoms with Gasteiger partial charge in [-0.2, -0.15) is 0 Å². The molecule has 1 atom stereocenters. The van der Waals surface area contributed by atoms with Gasteiger partial charge in [0.1, 0.15) is 4.90 Å². The Kier molecular flexibility index (Phi) is 4.72. The summed E-state index contributed by atoms with van der Waals surface area (Å²) < 4.78 is 33.3. The van der Waals surface area contributed by atoms with Gasteiger partial charge in [0.15, 0.2) is 5.75 Å². The summed E-state index contributed by atoms with van der Waals surface area (Å²) in [6, 6.07) is 2.35. The van der Waals surface area contributed by atoms with E-state index in [2.05, 4.69) is 5.32 Å². The molecule has 1 unspecified atom stereocenters. The van der Waals surface area contributed by atoms with Gasteiger partial charge in [-0.25, -0.2) is 13.6 Å². The Hall–Kier alpha value is -1.35. The largest absolute Gasteiger partial charge is 0.494 e. The van der Waals surface area contributed by atoms with Crippen LogP contribution in [0.2, 0.25) is 5.02 Å². The standard InChI is InChI=1S/C12H15ClN2O5S/c1-19-11-9(12(16)15-8-2-3-20-6-8)4-7(13)5-10(11)21(14,17)18/h4-5,8H,2-3,6H2,1H3,(H,15,16)(H2,14,17,18). The molecule has 1 fully saturated rings. The van der Waals surface area contributed by atoms with Gasteiger partial charge in [-0.1, -0.05) is 11.6 Å². The SMILES string of the molecule is COc1c(C(=O)NC2CCOC2)cc(Cl)cc1S(N)(=O)=O. The molecule has 0 spiro atoms. The number of hydrogen-bond acceptors (Lipinski definition) is 5. The first-order chi connectivity index (χ1) is 9.82. The van der Waals surface area contributed by atoms with Crippen molar-refractivity contribution in [3.63, 3.8) is 0 Å². The summed E-state index contributed by atoms with van der Waals surface area (Å²) >= 11 is 5.87. The summed E-state index contributed by atoms with van der Waals surface area (Å²) in [5.41, 5.74) is 0.0147. The molecule has 1 aromatic carbocycles. The van der Waals surface area contributed by atoms with E-state index in [1.807, 2.05) is 0 Å². The van der Waals surface area contributed by atoms with Gasteiger partial charge in [0.25, 0.3) is 5.91 Å². The van der Waals surface area contributed by atoms with Crippen LogP contribution in [-0.2, 0) is 14.8 Å². The molecule has 116 valence electrons. The lowest BCUT2D eigenvalue weighted by Crippen LogP contribution is -2.35. The Balaban J connectivity index is 2.42. The van der Waals surface area contributed by atoms with Crippen molar-refractivity contribution in [2.45, 2.75) is 17.4 Å². The zero-order valence-corrected chi connectivity index (χ0v) is 12.8. The van der Waals surface area contributed by atoms with E-state index in [0.29, 0.717) is 19.6 Å². The van der Waals surface area contributed by atoms with E-state index in [4.69, 9.17) is 26.2 Å². The van der Waals surface area contributed by atoms with Gasteiger partial charge in [-0.15, -0.1) is 0 Å². The van der Waals surface area contributed by atoms with Crippen molar-refractivity contribution >= 4 is 27.5 Å². The number of ether oxygens (including phenoxy) is 2. The van der Waals surface area contributed by atoms with Crippen LogP contribution in [0.3, 0.4) is 0 Å². The third-order valence-corrected chi connectivity index (χ3v) is 4.17. The third-order valence-electron chi connectivity index (χ3n) is 3.04. The van der Waals surface area contributed by atoms with Gasteiger partial charge in [0.2, 0.25) is 10.0 Å². The molecule has 0 radical (unpaired) electrons. The second-order valence-corrected chi connectivity index (χ2v) is 6.53. The zero-order chi connectivity index (χ0) is 15.6. The van der Waals surface area contributed by atoms with Gasteiger partial charge in [0, 0.05) is 11.6 Å². The van der Waals surface area contributed by atoms with Crippen LogP contribution in [0.4, 0.5) is 0 Å². The van der Waals surface area contributed by atoms with E-state index in [1.54, 1.807) is 0 Å². The van der Waals surface area contributed by atoms with Gasteiger partial charge < -0.3 is 14.8 Å². The fourth-order valence-corrected chi connectivity index (χ4v) is 3.10. The minimum atomic E-state index is -4.07. The Bertz CT molecular complexity index is 656. The number of methoxy groups -OCH3 is 1. The predicted octanol–water partition coefficient (Wildman–Crippen LogP) is 0.515. The summed E-state index contributed by atoms with van der Waals surface area (Å²) in [6.45, 7) is 0.983. The molecule has 0 aromatic heterocycles. The average Bonchev–Trinajstić information content (AvgIpc) is 2.89. The van der Waals surface area contributed by atoms with E-state index in [0.717, 1.165) is 6.07 Å². The van der Waals surface area contributed by atoms with E-state index in [-0.39, 0.29) is 27.3 Å². The number of carbonyl (C=O) groups excluding carboxylic acids is 1. The minimum absolute atomic E-state index is 0.0147. The first kappa shape index (κ1) is 16.0. The van der Waals surface area contributed by atoms with Gasteiger partial charge in [-0.05, 0) is 18.6 Å². The van der Waals surface area contributed by atoms with Crippen LogP contribution in [0, 0.1) is 0 Å². The number of rotatable bonds is 4. The smallest absolute Gasteiger partial charge is 0.255 e. The second kappa shape index (κ2) is 6.18. The fourth-order valence-electron chi connectivity index (χ4n) is 2.07. The molecule has 1 saturated heterocycles. The van der Waals surface area contributed by atoms with E-state index in [9.17, 15) is 13.2 Å². The first-order valence-corrected chi connectivity index (χ1v) is 8.04. The maximum absolute atomic E-state index is 12.3. The molecule has 7 nitrogen and oxygen atoms in total. The van der Waals surface area contributed by atoms with Crippen LogP contribution in [-0.4, -0.2) is 40.7 Å². The second-order valence-electron chi connectivity index (χ2n) is 4.56. The fraction of sp³-hybridized carbons (Fsp3) is 0.417. The first-order valence-electron chi connectivity index (χ1n) is 6.12. The number of nitrogens with one attached hydrogen (secondary N) is 1. The van der Waals surface area contributed by atoms with Gasteiger partial charge in [0.05, 0.1) is 25.3 Å². The topological polar surface area (TPSA) is 108 Å². The maximum atomic E-state index is 12.3. The molecule has 1 aromatic rings. The molecular formula is C12H15ClN2O5S. The molecule has 1 heterocycles. The van der Waals surface area contributed by atoms with E-state index < -0.39 is 15.9 Å². The number of carbonyl (C=O) groups is 1. The summed E-state index contributed by atoms with van der Waals surface area (Å²) in [7, 11) is -2.81. The normalized spacial score (nSPS) is 18.5. The average molecular weight is 335 g/mol. The van der Waals surface area contributed by atoms with Crippen molar-refractivity contribution in [3.05, 3.63) is 22.7 Å². The van der Waals surface area contributed by atoms with Crippen molar-refractivity contribution in [2.75, 3.05) is 20.3 Å². The summed E-state index contributed by atoms with van der Waals surface area (Å²) in [5.74, 6) is -0.618. The molecule has 9 heteroatoms. The Morgan fingerprint density at radius 3 is 2.76 bits per heavy atom. The zero-order valence-electron chi connectivity index (χ0n) is 11.3. The number of halogens is 1. The number of primary sulfonamides is 1. The summed E-state index contributed by atoms with van der Waals surface area (Å²) in [4.78, 5) is 11.9. The molecule has 1 aliphatic heterocycles. The molecule has 1 amide bonds. The maximum Gasteiger partial charge on any atom is 0.255 e. The Morgan fingerprint density at radius 1 is 1.52 bits per heavy atom. The molecule has 0 bridgehead atoms. The molecule has 21 heavy (non-hydrogen) atoms. The van der Waals surface area contributed by atoms with E-state index >= 15 is 0 Å². The number of hydrogen-bond donors (Lipinski definition) is 2. The van der Waals surface area contributed by atoms with Crippen LogP contribution in [0.5, 0.6) is 5.75 Å². The quantitative estimate of drug-likeness (QED) is 0.834.